The molecule has 0 N–H and O–H groups in total. The van der Waals surface area contributed by atoms with E-state index < -0.39 is 8.32 Å². The topological polar surface area (TPSA) is 29.5 Å². The van der Waals surface area contributed by atoms with E-state index in [0.29, 0.717) is 6.04 Å². The predicted molar refractivity (Wildman–Crippen MR) is 98.0 cm³/mol. The molecule has 0 amide bonds. The lowest BCUT2D eigenvalue weighted by Gasteiger charge is -2.38. The number of carbonyl (C=O) groups is 1. The average molecular weight is 334 g/mol. The van der Waals surface area contributed by atoms with Crippen molar-refractivity contribution in [2.75, 3.05) is 6.61 Å². The highest BCUT2D eigenvalue weighted by atomic mass is 28.4. The van der Waals surface area contributed by atoms with Crippen LogP contribution in [0, 0.1) is 0 Å². The van der Waals surface area contributed by atoms with Crippen LogP contribution in [0.5, 0.6) is 0 Å². The molecule has 0 aliphatic carbocycles. The van der Waals surface area contributed by atoms with Crippen LogP contribution in [0.4, 0.5) is 0 Å². The van der Waals surface area contributed by atoms with Crippen LogP contribution in [0.2, 0.25) is 18.1 Å². The zero-order valence-electron chi connectivity index (χ0n) is 15.2. The van der Waals surface area contributed by atoms with Gasteiger partial charge in [0.25, 0.3) is 0 Å². The number of rotatable bonds is 6. The highest BCUT2D eigenvalue weighted by Gasteiger charge is 2.40. The highest BCUT2D eigenvalue weighted by molar-refractivity contribution is 6.74. The molecule has 128 valence electrons. The van der Waals surface area contributed by atoms with Crippen molar-refractivity contribution in [3.63, 3.8) is 0 Å². The summed E-state index contributed by atoms with van der Waals surface area (Å²) in [5, 5.41) is 0.222. The van der Waals surface area contributed by atoms with Gasteiger partial charge in [0.1, 0.15) is 6.29 Å². The van der Waals surface area contributed by atoms with Gasteiger partial charge in [0.05, 0.1) is 6.04 Å². The SMILES string of the molecule is CC(C)(C)[Si](C)(C)OC[C@@H]1CC[C@H](C=O)N1Cc1ccccc1. The van der Waals surface area contributed by atoms with Gasteiger partial charge >= 0.3 is 0 Å². The van der Waals surface area contributed by atoms with Gasteiger partial charge in [-0.3, -0.25) is 4.90 Å². The van der Waals surface area contributed by atoms with Gasteiger partial charge < -0.3 is 9.22 Å². The van der Waals surface area contributed by atoms with Gasteiger partial charge in [-0.2, -0.15) is 0 Å². The minimum atomic E-state index is -1.74. The van der Waals surface area contributed by atoms with Crippen molar-refractivity contribution in [3.8, 4) is 0 Å². The quantitative estimate of drug-likeness (QED) is 0.576. The molecule has 23 heavy (non-hydrogen) atoms. The predicted octanol–water partition coefficient (Wildman–Crippen LogP) is 4.24. The molecule has 1 aliphatic rings. The smallest absolute Gasteiger partial charge is 0.192 e. The lowest BCUT2D eigenvalue weighted by atomic mass is 10.2. The number of nitrogens with zero attached hydrogens (tertiary/aromatic N) is 1. The molecule has 2 atom stereocenters. The first kappa shape index (κ1) is 18.4. The van der Waals surface area contributed by atoms with E-state index in [-0.39, 0.29) is 11.1 Å². The summed E-state index contributed by atoms with van der Waals surface area (Å²) in [4.78, 5) is 13.8. The fourth-order valence-electron chi connectivity index (χ4n) is 2.85. The van der Waals surface area contributed by atoms with E-state index in [2.05, 4.69) is 63.0 Å². The molecule has 1 saturated heterocycles. The van der Waals surface area contributed by atoms with Gasteiger partial charge in [-0.15, -0.1) is 0 Å². The summed E-state index contributed by atoms with van der Waals surface area (Å²) in [5.41, 5.74) is 1.26. The third kappa shape index (κ3) is 4.52. The summed E-state index contributed by atoms with van der Waals surface area (Å²) in [6, 6.07) is 10.8. The van der Waals surface area contributed by atoms with Crippen molar-refractivity contribution in [2.24, 2.45) is 0 Å². The molecular weight excluding hydrogens is 302 g/mol. The minimum Gasteiger partial charge on any atom is -0.415 e. The molecule has 0 bridgehead atoms. The molecule has 1 aromatic carbocycles. The number of likely N-dealkylation sites (tertiary alicyclic amines) is 1. The molecule has 2 rings (SSSR count). The van der Waals surface area contributed by atoms with Crippen LogP contribution in [-0.4, -0.2) is 38.2 Å². The van der Waals surface area contributed by atoms with Crippen LogP contribution >= 0.6 is 0 Å². The first-order chi connectivity index (χ1) is 10.7. The van der Waals surface area contributed by atoms with Gasteiger partial charge in [-0.25, -0.2) is 0 Å². The Labute approximate surface area is 142 Å². The number of carbonyl (C=O) groups excluding carboxylic acids is 1. The number of aldehydes is 1. The summed E-state index contributed by atoms with van der Waals surface area (Å²) in [7, 11) is -1.74. The van der Waals surface area contributed by atoms with Crippen molar-refractivity contribution < 1.29 is 9.22 Å². The Hall–Kier alpha value is -0.973. The second-order valence-corrected chi connectivity index (χ2v) is 13.0. The Bertz CT molecular complexity index is 510. The molecule has 1 heterocycles. The fourth-order valence-corrected chi connectivity index (χ4v) is 3.89. The highest BCUT2D eigenvalue weighted by Crippen LogP contribution is 2.37. The molecule has 0 spiro atoms. The van der Waals surface area contributed by atoms with Gasteiger partial charge in [0.2, 0.25) is 0 Å². The van der Waals surface area contributed by atoms with E-state index in [4.69, 9.17) is 4.43 Å². The molecule has 1 aromatic rings. The Morgan fingerprint density at radius 1 is 1.22 bits per heavy atom. The lowest BCUT2D eigenvalue weighted by Crippen LogP contribution is -2.46. The van der Waals surface area contributed by atoms with Crippen molar-refractivity contribution in [1.82, 2.24) is 4.90 Å². The second kappa shape index (κ2) is 7.28. The van der Waals surface area contributed by atoms with E-state index in [1.54, 1.807) is 0 Å². The van der Waals surface area contributed by atoms with Crippen molar-refractivity contribution >= 4 is 14.6 Å². The molecule has 0 aromatic heterocycles. The molecule has 4 heteroatoms. The van der Waals surface area contributed by atoms with Crippen molar-refractivity contribution in [3.05, 3.63) is 35.9 Å². The Balaban J connectivity index is 2.03. The Morgan fingerprint density at radius 2 is 1.87 bits per heavy atom. The number of hydrogen-bond donors (Lipinski definition) is 0. The van der Waals surface area contributed by atoms with Gasteiger partial charge in [-0.1, -0.05) is 51.1 Å². The zero-order valence-corrected chi connectivity index (χ0v) is 16.2. The van der Waals surface area contributed by atoms with Crippen LogP contribution < -0.4 is 0 Å². The van der Waals surface area contributed by atoms with E-state index in [1.807, 2.05) is 6.07 Å². The maximum atomic E-state index is 11.4. The molecule has 0 saturated carbocycles. The molecule has 0 radical (unpaired) electrons. The largest absolute Gasteiger partial charge is 0.415 e. The van der Waals surface area contributed by atoms with Crippen molar-refractivity contribution in [1.29, 1.82) is 0 Å². The first-order valence-corrected chi connectivity index (χ1v) is 11.5. The van der Waals surface area contributed by atoms with Crippen LogP contribution in [-0.2, 0) is 15.8 Å². The summed E-state index contributed by atoms with van der Waals surface area (Å²) in [6.07, 6.45) is 3.10. The molecule has 0 unspecified atom stereocenters. The normalized spacial score (nSPS) is 23.2. The Kier molecular flexibility index (Phi) is 5.82. The van der Waals surface area contributed by atoms with E-state index in [1.165, 1.54) is 5.56 Å². The fraction of sp³-hybridized carbons (Fsp3) is 0.632. The first-order valence-electron chi connectivity index (χ1n) is 8.63. The van der Waals surface area contributed by atoms with Crippen LogP contribution in [0.1, 0.15) is 39.2 Å². The van der Waals surface area contributed by atoms with Crippen LogP contribution in [0.25, 0.3) is 0 Å². The number of benzene rings is 1. The summed E-state index contributed by atoms with van der Waals surface area (Å²) in [6.45, 7) is 13.0. The van der Waals surface area contributed by atoms with Crippen LogP contribution in [0.3, 0.4) is 0 Å². The van der Waals surface area contributed by atoms with Gasteiger partial charge in [-0.05, 0) is 36.5 Å². The standard InChI is InChI=1S/C19H31NO2Si/c1-19(2,3)23(4,5)22-15-18-12-11-17(14-21)20(18)13-16-9-7-6-8-10-16/h6-10,14,17-18H,11-13,15H2,1-5H3/t17-,18+/m1/s1. The van der Waals surface area contributed by atoms with E-state index >= 15 is 0 Å². The molecule has 1 aliphatic heterocycles. The zero-order chi connectivity index (χ0) is 17.1. The van der Waals surface area contributed by atoms with E-state index in [0.717, 1.165) is 32.3 Å². The molecule has 3 nitrogen and oxygen atoms in total. The lowest BCUT2D eigenvalue weighted by molar-refractivity contribution is -0.112. The Morgan fingerprint density at radius 3 is 2.43 bits per heavy atom. The summed E-state index contributed by atoms with van der Waals surface area (Å²) in [5.74, 6) is 0. The third-order valence-corrected chi connectivity index (χ3v) is 10.00. The van der Waals surface area contributed by atoms with E-state index in [9.17, 15) is 4.79 Å². The molecule has 1 fully saturated rings. The molecular formula is C19H31NO2Si. The average Bonchev–Trinajstić information content (AvgIpc) is 2.87. The van der Waals surface area contributed by atoms with Gasteiger partial charge in [0, 0.05) is 19.2 Å². The van der Waals surface area contributed by atoms with Gasteiger partial charge in [0.15, 0.2) is 8.32 Å². The summed E-state index contributed by atoms with van der Waals surface area (Å²) >= 11 is 0. The van der Waals surface area contributed by atoms with Crippen molar-refractivity contribution in [2.45, 2.75) is 70.4 Å². The minimum absolute atomic E-state index is 0.0308. The number of hydrogen-bond acceptors (Lipinski definition) is 3. The van der Waals surface area contributed by atoms with Crippen LogP contribution in [0.15, 0.2) is 30.3 Å². The maximum Gasteiger partial charge on any atom is 0.192 e. The maximum absolute atomic E-state index is 11.4. The second-order valence-electron chi connectivity index (χ2n) is 8.16. The monoisotopic (exact) mass is 333 g/mol. The summed E-state index contributed by atoms with van der Waals surface area (Å²) < 4.78 is 6.42. The third-order valence-electron chi connectivity index (χ3n) is 5.50.